The molecule has 8 rings (SSSR count). The van der Waals surface area contributed by atoms with Crippen molar-refractivity contribution in [3.63, 3.8) is 0 Å². The molecule has 0 spiro atoms. The second-order valence-electron chi connectivity index (χ2n) is 29.5. The first-order chi connectivity index (χ1) is 61.0. The van der Waals surface area contributed by atoms with E-state index in [1.54, 1.807) is 27.7 Å². The summed E-state index contributed by atoms with van der Waals surface area (Å²) in [6.45, 7) is 17.0. The highest BCUT2D eigenvalue weighted by molar-refractivity contribution is 6.63. The number of nitrogens with zero attached hydrogens (tertiary/aromatic N) is 5. The first-order valence-corrected chi connectivity index (χ1v) is 37.0. The summed E-state index contributed by atoms with van der Waals surface area (Å²) in [5, 5.41) is 37.8. The molecule has 64 heteroatoms. The quantitative estimate of drug-likeness (QED) is 0.00903. The number of nitrogens with one attached hydrogen (secondary N) is 2. The molecule has 7 fully saturated rings. The van der Waals surface area contributed by atoms with Crippen LogP contribution in [0.15, 0.2) is 36.1 Å². The van der Waals surface area contributed by atoms with Crippen molar-refractivity contribution in [2.24, 2.45) is 41.2 Å². The Morgan fingerprint density at radius 3 is 1.22 bits per heavy atom. The summed E-state index contributed by atoms with van der Waals surface area (Å²) >= 11 is 0. The average molecular weight is 2030 g/mol. The maximum Gasteiger partial charge on any atom is 0.458 e. The lowest BCUT2D eigenvalue weighted by atomic mass is 9.83. The fourth-order valence-electron chi connectivity index (χ4n) is 13.9. The molecule has 770 valence electrons. The highest BCUT2D eigenvalue weighted by atomic mass is 19.4. The third-order valence-electron chi connectivity index (χ3n) is 19.8. The van der Waals surface area contributed by atoms with Gasteiger partial charge in [-0.25, -0.2) is 19.2 Å². The van der Waals surface area contributed by atoms with Gasteiger partial charge >= 0.3 is 162 Å². The Morgan fingerprint density at radius 1 is 0.522 bits per heavy atom. The Balaban J connectivity index is 0.000000814. The van der Waals surface area contributed by atoms with Crippen LogP contribution < -0.4 is 16.4 Å². The van der Waals surface area contributed by atoms with Crippen molar-refractivity contribution in [3.8, 4) is 0 Å². The maximum absolute atomic E-state index is 13.4. The van der Waals surface area contributed by atoms with Gasteiger partial charge in [-0.05, 0) is 52.9 Å². The van der Waals surface area contributed by atoms with Gasteiger partial charge < -0.3 is 84.4 Å². The largest absolute Gasteiger partial charge is 0.481 e. The minimum atomic E-state index is -6.39. The van der Waals surface area contributed by atoms with Crippen molar-refractivity contribution in [2.75, 3.05) is 35.0 Å². The second-order valence-corrected chi connectivity index (χ2v) is 29.5. The first kappa shape index (κ1) is 121. The number of cyclic esters (lactones) is 5. The van der Waals surface area contributed by atoms with E-state index in [1.807, 2.05) is 0 Å². The van der Waals surface area contributed by atoms with Gasteiger partial charge in [-0.15, -0.1) is 0 Å². The minimum Gasteiger partial charge on any atom is -0.481 e. The number of nitrogens with two attached hydrogens (primary N) is 1. The molecule has 0 saturated carbocycles. The van der Waals surface area contributed by atoms with Crippen molar-refractivity contribution in [1.29, 1.82) is 0 Å². The van der Waals surface area contributed by atoms with E-state index >= 15 is 0 Å². The molecule has 8 N–H and O–H groups in total. The molecule has 7 saturated heterocycles. The van der Waals surface area contributed by atoms with Gasteiger partial charge in [0.25, 0.3) is 0 Å². The number of ketones is 2. The number of esters is 9. The van der Waals surface area contributed by atoms with E-state index in [0.29, 0.717) is 19.2 Å². The molecule has 136 heavy (non-hydrogen) atoms. The molecule has 0 bridgehead atoms. The van der Waals surface area contributed by atoms with Gasteiger partial charge in [0.05, 0.1) is 59.7 Å². The predicted octanol–water partition coefficient (Wildman–Crippen LogP) is 6.38. The molecule has 12 atom stereocenters. The van der Waals surface area contributed by atoms with Crippen LogP contribution in [0.3, 0.4) is 0 Å². The fraction of sp³-hybridized carbons (Fsp3) is 0.653. The van der Waals surface area contributed by atoms with Crippen molar-refractivity contribution < 1.29 is 264 Å². The average Bonchev–Trinajstić information content (AvgIpc) is 1.52. The fourth-order valence-corrected chi connectivity index (χ4v) is 13.9. The molecule has 8 aliphatic heterocycles. The van der Waals surface area contributed by atoms with Crippen LogP contribution in [0, 0.1) is 35.5 Å². The smallest absolute Gasteiger partial charge is 0.458 e. The molecule has 8 heterocycles. The lowest BCUT2D eigenvalue weighted by Gasteiger charge is -2.38. The van der Waals surface area contributed by atoms with Gasteiger partial charge in [-0.3, -0.25) is 87.1 Å². The Labute approximate surface area is 746 Å². The summed E-state index contributed by atoms with van der Waals surface area (Å²) in [7, 11) is 3.66. The number of halogens is 24. The molecule has 0 unspecified atom stereocenters. The molecule has 0 aromatic heterocycles. The zero-order chi connectivity index (χ0) is 106. The number of carboxylic acids is 4. The van der Waals surface area contributed by atoms with Crippen molar-refractivity contribution in [3.05, 3.63) is 41.7 Å². The number of Topliss-reactive ketones (excluding diaryl/α,β-unsaturated/α-hetero) is 2. The zero-order valence-electron chi connectivity index (χ0n) is 70.6. The lowest BCUT2D eigenvalue weighted by molar-refractivity contribution is -0.395. The summed E-state index contributed by atoms with van der Waals surface area (Å²) < 4.78 is 358. The molecule has 0 aliphatic carbocycles. The monoisotopic (exact) mass is 2030 g/mol. The number of methoxy groups -OCH3 is 4. The zero-order valence-corrected chi connectivity index (χ0v) is 70.6. The number of carboxylic acid groups (broad SMARTS) is 4. The molecule has 0 radical (unpaired) electrons. The van der Waals surface area contributed by atoms with E-state index < -0.39 is 304 Å². The topological polar surface area (TPSA) is 577 Å². The lowest BCUT2D eigenvalue weighted by Crippen LogP contribution is -2.69. The van der Waals surface area contributed by atoms with E-state index in [0.717, 1.165) is 46.3 Å². The Hall–Kier alpha value is -12.5. The van der Waals surface area contributed by atoms with Crippen LogP contribution in [-0.4, -0.2) is 302 Å². The van der Waals surface area contributed by atoms with Crippen LogP contribution in [0.5, 0.6) is 0 Å². The molecular formula is C72H82F24N8O32. The number of amides is 3. The number of aliphatic carboxylic acids is 4. The van der Waals surface area contributed by atoms with Gasteiger partial charge in [-0.2, -0.15) is 110 Å². The van der Waals surface area contributed by atoms with Crippen LogP contribution in [0.2, 0.25) is 0 Å². The van der Waals surface area contributed by atoms with E-state index in [4.69, 9.17) is 41.2 Å². The molecule has 40 nitrogen and oxygen atoms in total. The molecule has 8 aliphatic rings. The molecule has 0 aromatic carbocycles. The van der Waals surface area contributed by atoms with Gasteiger partial charge in [0.2, 0.25) is 23.4 Å². The number of rotatable bonds is 22. The normalized spacial score (nSPS) is 23.8. The van der Waals surface area contributed by atoms with Gasteiger partial charge in [0, 0.05) is 64.3 Å². The number of alkyl halides is 24. The maximum atomic E-state index is 13.4. The third-order valence-corrected chi connectivity index (χ3v) is 19.8. The van der Waals surface area contributed by atoms with Crippen LogP contribution >= 0.6 is 0 Å². The summed E-state index contributed by atoms with van der Waals surface area (Å²) in [5.41, 5.74) is -7.85. The van der Waals surface area contributed by atoms with Crippen molar-refractivity contribution >= 4 is 113 Å². The SMILES string of the molecule is C.C=C(C)[C@H]1C(=O)N2[C@H](C(=O)OC2(C(F)(F)F)C(F)(F)F)[C@H]1CC(=O)OC.C=C(C)[C@H]1CN[C@@H](C(=O)O)[C@H]1CC(=O)O.CC1=CC(=O)OC(C)(C)O1.COC(=O)CC[C@@H]1NC(C(F)(F)F)(C(F)(F)F)OC1=O.COC(=O)CC[C@H]1C(=O)OC(C(F)(F)F)(C(F)(F)F)N1C(=O)C(=[N+]=[N-])C(C)=O.COC(=O)C[C@H]1[C@@H](C(C)=O)C(=O)N2[C@@H]1C(=O)OC2(C(F)(F)F)C(F)(F)F.N[C@@H](CCC(=O)O)C(=O)O. The summed E-state index contributed by atoms with van der Waals surface area (Å²) in [5.74, 6) is -32.5. The predicted molar refractivity (Wildman–Crippen MR) is 385 cm³/mol. The van der Waals surface area contributed by atoms with Gasteiger partial charge in [0.1, 0.15) is 53.7 Å². The summed E-state index contributed by atoms with van der Waals surface area (Å²) in [6.07, 6.45) is -53.1. The Bertz CT molecular complexity index is 4480. The third kappa shape index (κ3) is 26.4. The molecular weight excluding hydrogens is 1940 g/mol. The van der Waals surface area contributed by atoms with Crippen molar-refractivity contribution in [2.45, 2.75) is 228 Å². The standard InChI is InChI=1S/C14H13F6NO5.C13H11F6N3O6.C13H11F6NO6.C10H15NO4.C9H9F6NO4.C7H10O3.C5H9NO4.CH4/c1-5(2)8-6(4-7(22)25-3)9-11(24)26-12(13(15,16)17,14(18,19)20)21(9)10(8)23;1-5(23)8(21-20)9(25)22-6(3-4-7(24)27-2)10(26)28-11(22,12(14,15)16)13(17,18)19;1-4(21)7-5(3-6(22)25-2)8-10(24)26-11(12(14,15)16,13(17,18)19)20(8)9(7)23;1-5(2)7-4-11-9(10(14)15)6(7)3-8(12)13;1-19-5(17)3-2-4-6(18)20-7(16-4,8(10,11)12)9(13,14)15;1-5-4-6(8)10-7(2,3)9-5;6-3(5(9)10)1-2-4(7)8;/h6,8-9H,1,4H2,2-3H3;6H,3-4H2,1-2H3;5,7-8H,3H2,1-2H3;6-7,9,11H,1,3-4H2,2H3,(H,12,13)(H,14,15);4,16H,2-3H2,1H3;4H,1-3H3;3H,1-2,6H2,(H,7,8)(H,9,10);1H4/t6-,8+,9-;6-;5-,7+,8-;6-,7+,9+;4-;;3-;/m00000.0./s1. The highest BCUT2D eigenvalue weighted by Crippen LogP contribution is 2.60. The van der Waals surface area contributed by atoms with E-state index in [9.17, 15) is 192 Å². The van der Waals surface area contributed by atoms with Crippen molar-refractivity contribution in [1.82, 2.24) is 25.3 Å². The Kier molecular flexibility index (Phi) is 40.2. The number of carbonyl (C=O) groups excluding carboxylic acids is 14. The van der Waals surface area contributed by atoms with Crippen LogP contribution in [0.4, 0.5) is 105 Å². The van der Waals surface area contributed by atoms with Gasteiger partial charge in [-0.1, -0.05) is 31.7 Å². The van der Waals surface area contributed by atoms with E-state index in [1.165, 1.54) is 13.0 Å². The number of fused-ring (bicyclic) bond motifs is 2. The van der Waals surface area contributed by atoms with Crippen LogP contribution in [0.1, 0.15) is 114 Å². The van der Waals surface area contributed by atoms with Gasteiger partial charge in [0.15, 0.2) is 0 Å². The molecule has 0 aromatic rings. The minimum absolute atomic E-state index is 0. The number of hydrogen-bond donors (Lipinski definition) is 7. The Morgan fingerprint density at radius 2 is 0.912 bits per heavy atom. The van der Waals surface area contributed by atoms with Crippen LogP contribution in [0.25, 0.3) is 5.53 Å². The number of carbonyl (C=O) groups is 18. The number of ether oxygens (including phenoxy) is 10. The second kappa shape index (κ2) is 45.0. The summed E-state index contributed by atoms with van der Waals surface area (Å²) in [4.78, 5) is 203. The van der Waals surface area contributed by atoms with E-state index in [-0.39, 0.29) is 44.1 Å². The number of hydrogen-bond acceptors (Lipinski definition) is 31. The number of allylic oxidation sites excluding steroid dienone is 1. The molecule has 3 amide bonds. The van der Waals surface area contributed by atoms with E-state index in [2.05, 4.69) is 61.2 Å². The highest BCUT2D eigenvalue weighted by Gasteiger charge is 2.89. The first-order valence-electron chi connectivity index (χ1n) is 37.0. The van der Waals surface area contributed by atoms with Crippen LogP contribution in [-0.2, 0) is 134 Å². The summed E-state index contributed by atoms with van der Waals surface area (Å²) in [6, 6.07) is -11.0.